The van der Waals surface area contributed by atoms with Gasteiger partial charge in [-0.3, -0.25) is 4.98 Å². The molecule has 1 fully saturated rings. The predicted molar refractivity (Wildman–Crippen MR) is 136 cm³/mol. The monoisotopic (exact) mass is 537 g/mol. The maximum Gasteiger partial charge on any atom is 0.252 e. The summed E-state index contributed by atoms with van der Waals surface area (Å²) >= 11 is 7.24. The van der Waals surface area contributed by atoms with Gasteiger partial charge in [0.05, 0.1) is 12.6 Å². The van der Waals surface area contributed by atoms with Crippen LogP contribution in [-0.2, 0) is 10.0 Å². The SMILES string of the molecule is Cl.O=S(=O)(c1cc2ccc(Cl)cc2s1)N1CCN(c2ncc(-c3ccncc3)cn2)C(CO)C1. The van der Waals surface area contributed by atoms with E-state index in [0.29, 0.717) is 17.5 Å². The Kier molecular flexibility index (Phi) is 7.36. The van der Waals surface area contributed by atoms with Crippen molar-refractivity contribution >= 4 is 61.4 Å². The fourth-order valence-electron chi connectivity index (χ4n) is 3.86. The van der Waals surface area contributed by atoms with Gasteiger partial charge in [0.1, 0.15) is 4.21 Å². The molecule has 8 nitrogen and oxygen atoms in total. The molecule has 3 aromatic heterocycles. The van der Waals surface area contributed by atoms with E-state index < -0.39 is 16.1 Å². The Morgan fingerprint density at radius 1 is 1.06 bits per heavy atom. The lowest BCUT2D eigenvalue weighted by Crippen LogP contribution is -2.56. The second-order valence-electron chi connectivity index (χ2n) is 7.65. The van der Waals surface area contributed by atoms with Crippen molar-refractivity contribution in [1.82, 2.24) is 19.3 Å². The highest BCUT2D eigenvalue weighted by Crippen LogP contribution is 2.33. The van der Waals surface area contributed by atoms with Crippen molar-refractivity contribution in [2.24, 2.45) is 0 Å². The van der Waals surface area contributed by atoms with Crippen LogP contribution in [0.3, 0.4) is 0 Å². The zero-order valence-corrected chi connectivity index (χ0v) is 21.0. The van der Waals surface area contributed by atoms with Crippen molar-refractivity contribution in [2.75, 3.05) is 31.1 Å². The molecule has 1 saturated heterocycles. The van der Waals surface area contributed by atoms with Crippen molar-refractivity contribution < 1.29 is 13.5 Å². The van der Waals surface area contributed by atoms with E-state index in [-0.39, 0.29) is 36.3 Å². The number of aromatic nitrogens is 3. The maximum atomic E-state index is 13.3. The minimum Gasteiger partial charge on any atom is -0.394 e. The second-order valence-corrected chi connectivity index (χ2v) is 11.3. The van der Waals surface area contributed by atoms with E-state index in [1.807, 2.05) is 23.1 Å². The molecular weight excluding hydrogens is 517 g/mol. The van der Waals surface area contributed by atoms with Crippen molar-refractivity contribution in [3.05, 3.63) is 66.2 Å². The first-order valence-electron chi connectivity index (χ1n) is 10.2. The van der Waals surface area contributed by atoms with Crippen LogP contribution >= 0.6 is 35.3 Å². The normalized spacial score (nSPS) is 17.0. The number of halogens is 2. The van der Waals surface area contributed by atoms with Gasteiger partial charge in [-0.2, -0.15) is 4.31 Å². The summed E-state index contributed by atoms with van der Waals surface area (Å²) in [5, 5.41) is 11.4. The number of hydrogen-bond donors (Lipinski definition) is 1. The molecule has 1 N–H and O–H groups in total. The summed E-state index contributed by atoms with van der Waals surface area (Å²) < 4.78 is 29.1. The third-order valence-electron chi connectivity index (χ3n) is 5.62. The van der Waals surface area contributed by atoms with Gasteiger partial charge in [0.2, 0.25) is 5.95 Å². The summed E-state index contributed by atoms with van der Waals surface area (Å²) in [5.74, 6) is 0.459. The summed E-state index contributed by atoms with van der Waals surface area (Å²) in [5.41, 5.74) is 1.81. The molecule has 1 aromatic carbocycles. The van der Waals surface area contributed by atoms with Crippen LogP contribution in [0.15, 0.2) is 65.4 Å². The number of piperazine rings is 1. The topological polar surface area (TPSA) is 99.5 Å². The van der Waals surface area contributed by atoms with Gasteiger partial charge in [-0.05, 0) is 41.3 Å². The first-order valence-corrected chi connectivity index (χ1v) is 12.9. The molecule has 5 rings (SSSR count). The van der Waals surface area contributed by atoms with Crippen LogP contribution < -0.4 is 4.90 Å². The number of aliphatic hydroxyl groups is 1. The fraction of sp³-hybridized carbons (Fsp3) is 0.227. The van der Waals surface area contributed by atoms with Gasteiger partial charge < -0.3 is 10.0 Å². The zero-order chi connectivity index (χ0) is 23.0. The highest BCUT2D eigenvalue weighted by molar-refractivity contribution is 7.91. The Hall–Kier alpha value is -2.34. The Morgan fingerprint density at radius 2 is 1.79 bits per heavy atom. The zero-order valence-electron chi connectivity index (χ0n) is 17.8. The van der Waals surface area contributed by atoms with Gasteiger partial charge >= 0.3 is 0 Å². The Labute approximate surface area is 212 Å². The maximum absolute atomic E-state index is 13.3. The number of fused-ring (bicyclic) bond motifs is 1. The summed E-state index contributed by atoms with van der Waals surface area (Å²) in [6, 6.07) is 10.3. The summed E-state index contributed by atoms with van der Waals surface area (Å²) in [4.78, 5) is 14.8. The predicted octanol–water partition coefficient (Wildman–Crippen LogP) is 3.70. The number of pyridine rings is 1. The molecule has 0 saturated carbocycles. The number of hydrogen-bond acceptors (Lipinski definition) is 8. The highest BCUT2D eigenvalue weighted by Gasteiger charge is 2.36. The molecule has 178 valence electrons. The lowest BCUT2D eigenvalue weighted by molar-refractivity contribution is 0.216. The quantitative estimate of drug-likeness (QED) is 0.414. The van der Waals surface area contributed by atoms with Gasteiger partial charge in [-0.25, -0.2) is 18.4 Å². The third-order valence-corrected chi connectivity index (χ3v) is 9.27. The van der Waals surface area contributed by atoms with Crippen molar-refractivity contribution in [3.63, 3.8) is 0 Å². The standard InChI is InChI=1S/C22H20ClN5O3S2.ClH/c23-18-2-1-16-9-21(32-20(16)10-18)33(30,31)27-7-8-28(19(13-27)14-29)22-25-11-17(12-26-22)15-3-5-24-6-4-15;/h1-6,9-12,19,29H,7-8,13-14H2;1H. The van der Waals surface area contributed by atoms with E-state index >= 15 is 0 Å². The Morgan fingerprint density at radius 3 is 2.50 bits per heavy atom. The largest absolute Gasteiger partial charge is 0.394 e. The molecule has 1 unspecified atom stereocenters. The van der Waals surface area contributed by atoms with Crippen LogP contribution in [0, 0.1) is 0 Å². The van der Waals surface area contributed by atoms with E-state index in [9.17, 15) is 13.5 Å². The molecule has 0 aliphatic carbocycles. The number of benzene rings is 1. The molecule has 0 amide bonds. The van der Waals surface area contributed by atoms with Gasteiger partial charge in [-0.1, -0.05) is 17.7 Å². The van der Waals surface area contributed by atoms with Crippen molar-refractivity contribution in [2.45, 2.75) is 10.3 Å². The third kappa shape index (κ3) is 4.74. The highest BCUT2D eigenvalue weighted by atomic mass is 35.5. The first kappa shape index (κ1) is 24.8. The number of anilines is 1. The molecule has 12 heteroatoms. The van der Waals surface area contributed by atoms with Crippen LogP contribution in [0.2, 0.25) is 5.02 Å². The van der Waals surface area contributed by atoms with Gasteiger partial charge in [0.25, 0.3) is 10.0 Å². The number of nitrogens with zero attached hydrogens (tertiary/aromatic N) is 5. The van der Waals surface area contributed by atoms with Crippen LogP contribution in [0.25, 0.3) is 21.2 Å². The average Bonchev–Trinajstić information content (AvgIpc) is 3.28. The minimum absolute atomic E-state index is 0. The molecule has 0 radical (unpaired) electrons. The van der Waals surface area contributed by atoms with Crippen LogP contribution in [0.5, 0.6) is 0 Å². The molecule has 1 aliphatic heterocycles. The van der Waals surface area contributed by atoms with Gasteiger partial charge in [0, 0.05) is 59.7 Å². The molecule has 4 aromatic rings. The van der Waals surface area contributed by atoms with Crippen molar-refractivity contribution in [1.29, 1.82) is 0 Å². The molecule has 4 heterocycles. The molecule has 1 atom stereocenters. The summed E-state index contributed by atoms with van der Waals surface area (Å²) in [6.07, 6.45) is 6.85. The lowest BCUT2D eigenvalue weighted by atomic mass is 10.1. The van der Waals surface area contributed by atoms with Crippen LogP contribution in [0.1, 0.15) is 0 Å². The average molecular weight is 538 g/mol. The van der Waals surface area contributed by atoms with Crippen LogP contribution in [0.4, 0.5) is 5.95 Å². The Bertz CT molecular complexity index is 1380. The Balaban J connectivity index is 0.00000274. The molecule has 0 spiro atoms. The molecule has 1 aliphatic rings. The fourth-order valence-corrected chi connectivity index (χ4v) is 7.16. The number of rotatable bonds is 5. The van der Waals surface area contributed by atoms with Gasteiger partial charge in [-0.15, -0.1) is 23.7 Å². The first-order chi connectivity index (χ1) is 16.0. The van der Waals surface area contributed by atoms with E-state index in [4.69, 9.17) is 11.6 Å². The van der Waals surface area contributed by atoms with E-state index in [1.165, 1.54) is 15.6 Å². The molecular formula is C22H21Cl2N5O3S2. The number of sulfonamides is 1. The van der Waals surface area contributed by atoms with E-state index in [0.717, 1.165) is 21.2 Å². The van der Waals surface area contributed by atoms with Crippen molar-refractivity contribution in [3.8, 4) is 11.1 Å². The van der Waals surface area contributed by atoms with E-state index in [2.05, 4.69) is 15.0 Å². The van der Waals surface area contributed by atoms with E-state index in [1.54, 1.807) is 43.0 Å². The summed E-state index contributed by atoms with van der Waals surface area (Å²) in [7, 11) is -3.70. The number of aliphatic hydroxyl groups excluding tert-OH is 1. The number of thiophene rings is 1. The second kappa shape index (κ2) is 10.1. The minimum atomic E-state index is -3.70. The molecule has 0 bridgehead atoms. The lowest BCUT2D eigenvalue weighted by Gasteiger charge is -2.39. The smallest absolute Gasteiger partial charge is 0.252 e. The van der Waals surface area contributed by atoms with Gasteiger partial charge in [0.15, 0.2) is 0 Å². The summed E-state index contributed by atoms with van der Waals surface area (Å²) in [6.45, 7) is 0.561. The van der Waals surface area contributed by atoms with Crippen LogP contribution in [-0.4, -0.2) is 65.1 Å². The molecule has 34 heavy (non-hydrogen) atoms.